The first-order valence-electron chi connectivity index (χ1n) is 3.38. The molecule has 0 amide bonds. The van der Waals surface area contributed by atoms with Crippen LogP contribution in [-0.2, 0) is 0 Å². The maximum absolute atomic E-state index is 10.5. The summed E-state index contributed by atoms with van der Waals surface area (Å²) in [6.07, 6.45) is 0. The van der Waals surface area contributed by atoms with E-state index in [1.54, 1.807) is 0 Å². The van der Waals surface area contributed by atoms with Crippen molar-refractivity contribution in [3.8, 4) is 0 Å². The van der Waals surface area contributed by atoms with Gasteiger partial charge in [0.25, 0.3) is 0 Å². The minimum absolute atomic E-state index is 0. The van der Waals surface area contributed by atoms with Gasteiger partial charge in [-0.05, 0) is 18.2 Å². The Hall–Kier alpha value is -2.08. The monoisotopic (exact) mass is 198 g/mol. The summed E-state index contributed by atoms with van der Waals surface area (Å²) in [6.45, 7) is 0. The summed E-state index contributed by atoms with van der Waals surface area (Å²) in [5.74, 6) is -2.31. The number of hydrogen-bond donors (Lipinski definition) is 4. The van der Waals surface area contributed by atoms with E-state index < -0.39 is 11.9 Å². The lowest BCUT2D eigenvalue weighted by molar-refractivity contribution is 0.0682. The molecule has 0 saturated carbocycles. The van der Waals surface area contributed by atoms with Crippen LogP contribution in [0.15, 0.2) is 18.2 Å². The maximum Gasteiger partial charge on any atom is 0.337 e. The molecule has 1 rings (SSSR count). The highest BCUT2D eigenvalue weighted by atomic mass is 16.4. The number of hydrogen-bond acceptors (Lipinski definition) is 4. The predicted molar refractivity (Wildman–Crippen MR) is 49.8 cm³/mol. The lowest BCUT2D eigenvalue weighted by Crippen LogP contribution is -2.05. The van der Waals surface area contributed by atoms with Gasteiger partial charge in [-0.2, -0.15) is 0 Å². The zero-order chi connectivity index (χ0) is 10.0. The topological polar surface area (TPSA) is 136 Å². The van der Waals surface area contributed by atoms with Crippen LogP contribution < -0.4 is 11.9 Å². The molecule has 76 valence electrons. The molecule has 0 unspecified atom stereocenters. The molecule has 6 heteroatoms. The molecule has 7 N–H and O–H groups in total. The molecule has 0 aliphatic carbocycles. The Morgan fingerprint density at radius 3 is 2.07 bits per heavy atom. The van der Waals surface area contributed by atoms with E-state index in [9.17, 15) is 9.59 Å². The standard InChI is InChI=1S/C8H7NO4.H3N/c9-6-3-4(7(10)11)1-2-5(6)8(12)13;/h1-3H,9H2,(H,10,11)(H,12,13);1H3. The van der Waals surface area contributed by atoms with Gasteiger partial charge in [-0.3, -0.25) is 0 Å². The van der Waals surface area contributed by atoms with Crippen molar-refractivity contribution < 1.29 is 19.8 Å². The van der Waals surface area contributed by atoms with E-state index in [1.807, 2.05) is 0 Å². The summed E-state index contributed by atoms with van der Waals surface area (Å²) < 4.78 is 0. The third-order valence-corrected chi connectivity index (χ3v) is 1.53. The highest BCUT2D eigenvalue weighted by molar-refractivity contribution is 5.96. The summed E-state index contributed by atoms with van der Waals surface area (Å²) in [6, 6.07) is 3.48. The van der Waals surface area contributed by atoms with Gasteiger partial charge in [-0.15, -0.1) is 0 Å². The molecule has 0 fully saturated rings. The van der Waals surface area contributed by atoms with Gasteiger partial charge in [0.15, 0.2) is 0 Å². The largest absolute Gasteiger partial charge is 0.478 e. The van der Waals surface area contributed by atoms with Crippen molar-refractivity contribution in [2.45, 2.75) is 0 Å². The first-order chi connectivity index (χ1) is 6.02. The summed E-state index contributed by atoms with van der Waals surface area (Å²) in [7, 11) is 0. The number of rotatable bonds is 2. The van der Waals surface area contributed by atoms with Crippen LogP contribution >= 0.6 is 0 Å². The zero-order valence-electron chi connectivity index (χ0n) is 7.23. The summed E-state index contributed by atoms with van der Waals surface area (Å²) >= 11 is 0. The van der Waals surface area contributed by atoms with Crippen molar-refractivity contribution in [1.29, 1.82) is 0 Å². The fourth-order valence-corrected chi connectivity index (χ4v) is 0.891. The Bertz CT molecular complexity index is 376. The van der Waals surface area contributed by atoms with Gasteiger partial charge in [0, 0.05) is 5.69 Å². The fraction of sp³-hybridized carbons (Fsp3) is 0. The van der Waals surface area contributed by atoms with Crippen molar-refractivity contribution in [1.82, 2.24) is 6.15 Å². The number of nitrogen functional groups attached to an aromatic ring is 1. The Labute approximate surface area is 79.5 Å². The molecule has 0 atom stereocenters. The first-order valence-corrected chi connectivity index (χ1v) is 3.38. The summed E-state index contributed by atoms with van der Waals surface area (Å²) in [5.41, 5.74) is 5.15. The van der Waals surface area contributed by atoms with E-state index in [0.29, 0.717) is 0 Å². The molecular formula is C8H10N2O4. The molecule has 0 spiro atoms. The molecule has 0 bridgehead atoms. The normalized spacial score (nSPS) is 8.86. The van der Waals surface area contributed by atoms with Gasteiger partial charge >= 0.3 is 11.9 Å². The second kappa shape index (κ2) is 4.24. The molecule has 14 heavy (non-hydrogen) atoms. The highest BCUT2D eigenvalue weighted by Gasteiger charge is 2.10. The minimum Gasteiger partial charge on any atom is -0.478 e. The Kier molecular flexibility index (Phi) is 3.61. The Morgan fingerprint density at radius 2 is 1.71 bits per heavy atom. The van der Waals surface area contributed by atoms with Crippen LogP contribution in [0.3, 0.4) is 0 Å². The molecule has 0 saturated heterocycles. The molecule has 0 heterocycles. The zero-order valence-corrected chi connectivity index (χ0v) is 7.23. The van der Waals surface area contributed by atoms with Gasteiger partial charge in [0.05, 0.1) is 11.1 Å². The first kappa shape index (κ1) is 11.9. The van der Waals surface area contributed by atoms with E-state index in [-0.39, 0.29) is 23.0 Å². The third-order valence-electron chi connectivity index (χ3n) is 1.53. The molecule has 0 aromatic heterocycles. The van der Waals surface area contributed by atoms with Gasteiger partial charge in [-0.1, -0.05) is 0 Å². The van der Waals surface area contributed by atoms with Crippen molar-refractivity contribution in [3.63, 3.8) is 0 Å². The van der Waals surface area contributed by atoms with Crippen molar-refractivity contribution in [2.24, 2.45) is 0 Å². The van der Waals surface area contributed by atoms with Crippen LogP contribution in [-0.4, -0.2) is 22.2 Å². The second-order valence-corrected chi connectivity index (χ2v) is 2.41. The number of carbonyl (C=O) groups is 2. The molecular weight excluding hydrogens is 188 g/mol. The molecule has 1 aromatic carbocycles. The van der Waals surface area contributed by atoms with Crippen LogP contribution in [0.25, 0.3) is 0 Å². The van der Waals surface area contributed by atoms with Crippen LogP contribution in [0, 0.1) is 0 Å². The average molecular weight is 198 g/mol. The van der Waals surface area contributed by atoms with E-state index in [2.05, 4.69) is 0 Å². The number of benzene rings is 1. The van der Waals surface area contributed by atoms with E-state index in [4.69, 9.17) is 15.9 Å². The molecule has 0 radical (unpaired) electrons. The quantitative estimate of drug-likeness (QED) is 0.519. The smallest absolute Gasteiger partial charge is 0.337 e. The Morgan fingerprint density at radius 1 is 1.14 bits per heavy atom. The van der Waals surface area contributed by atoms with E-state index in [1.165, 1.54) is 12.1 Å². The fourth-order valence-electron chi connectivity index (χ4n) is 0.891. The lowest BCUT2D eigenvalue weighted by atomic mass is 10.1. The van der Waals surface area contributed by atoms with Crippen molar-refractivity contribution >= 4 is 17.6 Å². The lowest BCUT2D eigenvalue weighted by Gasteiger charge is -2.00. The van der Waals surface area contributed by atoms with Crippen LogP contribution in [0.1, 0.15) is 20.7 Å². The molecule has 1 aromatic rings. The molecule has 0 aliphatic heterocycles. The van der Waals surface area contributed by atoms with Crippen molar-refractivity contribution in [2.75, 3.05) is 5.73 Å². The second-order valence-electron chi connectivity index (χ2n) is 2.41. The third kappa shape index (κ3) is 2.20. The van der Waals surface area contributed by atoms with Gasteiger partial charge in [0.1, 0.15) is 0 Å². The molecule has 0 aliphatic rings. The number of nitrogens with two attached hydrogens (primary N) is 1. The summed E-state index contributed by atoms with van der Waals surface area (Å²) in [4.78, 5) is 20.9. The minimum atomic E-state index is -1.17. The number of anilines is 1. The molecule has 6 nitrogen and oxygen atoms in total. The predicted octanol–water partition coefficient (Wildman–Crippen LogP) is 0.827. The van der Waals surface area contributed by atoms with Gasteiger partial charge < -0.3 is 22.1 Å². The average Bonchev–Trinajstić information content (AvgIpc) is 2.03. The Balaban J connectivity index is 0.00000169. The van der Waals surface area contributed by atoms with Gasteiger partial charge in [-0.25, -0.2) is 9.59 Å². The van der Waals surface area contributed by atoms with Crippen LogP contribution in [0.4, 0.5) is 5.69 Å². The van der Waals surface area contributed by atoms with E-state index >= 15 is 0 Å². The highest BCUT2D eigenvalue weighted by Crippen LogP contribution is 2.13. The summed E-state index contributed by atoms with van der Waals surface area (Å²) in [5, 5.41) is 17.1. The van der Waals surface area contributed by atoms with Crippen LogP contribution in [0.2, 0.25) is 0 Å². The van der Waals surface area contributed by atoms with Gasteiger partial charge in [0.2, 0.25) is 0 Å². The van der Waals surface area contributed by atoms with Crippen LogP contribution in [0.5, 0.6) is 0 Å². The van der Waals surface area contributed by atoms with E-state index in [0.717, 1.165) is 6.07 Å². The van der Waals surface area contributed by atoms with Crippen molar-refractivity contribution in [3.05, 3.63) is 29.3 Å². The number of aromatic carboxylic acids is 2. The number of carboxylic acids is 2. The SMILES string of the molecule is N.Nc1cc(C(=O)O)ccc1C(=O)O. The maximum atomic E-state index is 10.5. The number of carboxylic acid groups (broad SMARTS) is 2.